The molecular weight excluding hydrogens is 398 g/mol. The molecule has 170 valence electrons. The number of ketones is 1. The van der Waals surface area contributed by atoms with Crippen LogP contribution < -0.4 is 4.90 Å². The fourth-order valence-electron chi connectivity index (χ4n) is 4.92. The van der Waals surface area contributed by atoms with Crippen LogP contribution in [-0.4, -0.2) is 60.8 Å². The molecule has 5 heteroatoms. The highest BCUT2D eigenvalue weighted by Gasteiger charge is 2.24. The number of carbonyl (C=O) groups is 2. The molecule has 32 heavy (non-hydrogen) atoms. The second kappa shape index (κ2) is 10.8. The van der Waals surface area contributed by atoms with Crippen molar-refractivity contribution >= 4 is 17.4 Å². The summed E-state index contributed by atoms with van der Waals surface area (Å²) >= 11 is 0. The zero-order valence-corrected chi connectivity index (χ0v) is 19.2. The number of nitrogens with zero attached hydrogens (tertiary/aromatic N) is 3. The normalized spacial score (nSPS) is 18.0. The first-order valence-electron chi connectivity index (χ1n) is 12.0. The molecule has 5 nitrogen and oxygen atoms in total. The molecule has 0 atom stereocenters. The molecule has 4 rings (SSSR count). The highest BCUT2D eigenvalue weighted by molar-refractivity contribution is 5.94. The van der Waals surface area contributed by atoms with E-state index in [0.717, 1.165) is 70.6 Å². The van der Waals surface area contributed by atoms with Crippen molar-refractivity contribution < 1.29 is 9.59 Å². The Morgan fingerprint density at radius 2 is 1.59 bits per heavy atom. The first-order valence-corrected chi connectivity index (χ1v) is 12.0. The van der Waals surface area contributed by atoms with Gasteiger partial charge in [-0.15, -0.1) is 0 Å². The van der Waals surface area contributed by atoms with E-state index in [0.29, 0.717) is 18.2 Å². The summed E-state index contributed by atoms with van der Waals surface area (Å²) in [5.74, 6) is 1.09. The monoisotopic (exact) mass is 433 g/mol. The van der Waals surface area contributed by atoms with Crippen LogP contribution in [0.25, 0.3) is 0 Å². The predicted octanol–water partition coefficient (Wildman–Crippen LogP) is 4.23. The van der Waals surface area contributed by atoms with Crippen LogP contribution in [0, 0.1) is 5.92 Å². The molecular formula is C27H35N3O2. The van der Waals surface area contributed by atoms with Crippen molar-refractivity contribution in [3.8, 4) is 0 Å². The van der Waals surface area contributed by atoms with Gasteiger partial charge in [0.1, 0.15) is 0 Å². The molecule has 2 aliphatic rings. The van der Waals surface area contributed by atoms with E-state index in [1.807, 2.05) is 24.3 Å². The number of piperazine rings is 1. The molecule has 2 fully saturated rings. The maximum absolute atomic E-state index is 12.7. The van der Waals surface area contributed by atoms with Crippen LogP contribution in [0.5, 0.6) is 0 Å². The van der Waals surface area contributed by atoms with Crippen molar-refractivity contribution in [2.75, 3.05) is 44.2 Å². The summed E-state index contributed by atoms with van der Waals surface area (Å²) in [6.07, 6.45) is 3.99. The molecule has 0 aromatic heterocycles. The van der Waals surface area contributed by atoms with Crippen LogP contribution in [0.1, 0.15) is 48.5 Å². The summed E-state index contributed by atoms with van der Waals surface area (Å²) in [6, 6.07) is 18.5. The Morgan fingerprint density at radius 1 is 0.875 bits per heavy atom. The zero-order chi connectivity index (χ0) is 22.3. The van der Waals surface area contributed by atoms with Crippen LogP contribution >= 0.6 is 0 Å². The minimum atomic E-state index is 0.122. The number of Topliss-reactive ketones (excluding diaryl/α,β-unsaturated/α-hetero) is 1. The fourth-order valence-corrected chi connectivity index (χ4v) is 4.92. The Bertz CT molecular complexity index is 898. The van der Waals surface area contributed by atoms with Crippen molar-refractivity contribution in [1.29, 1.82) is 0 Å². The van der Waals surface area contributed by atoms with Gasteiger partial charge >= 0.3 is 0 Å². The van der Waals surface area contributed by atoms with Gasteiger partial charge in [-0.05, 0) is 69.0 Å². The van der Waals surface area contributed by atoms with Gasteiger partial charge in [-0.2, -0.15) is 0 Å². The molecule has 2 saturated heterocycles. The van der Waals surface area contributed by atoms with Crippen molar-refractivity contribution in [2.45, 2.75) is 39.2 Å². The number of carbonyl (C=O) groups excluding carboxylic acids is 2. The standard InChI is InChI=1S/C27H35N3O2/c1-22(31)25-7-5-6-24(20-25)21-28-14-12-23(13-15-28)10-11-27(32)30-18-16-29(17-19-30)26-8-3-2-4-9-26/h2-9,20,23H,10-19,21H2,1H3. The van der Waals surface area contributed by atoms with Crippen molar-refractivity contribution in [2.24, 2.45) is 5.92 Å². The van der Waals surface area contributed by atoms with Gasteiger partial charge < -0.3 is 9.80 Å². The maximum atomic E-state index is 12.7. The molecule has 2 heterocycles. The van der Waals surface area contributed by atoms with Crippen LogP contribution in [0.2, 0.25) is 0 Å². The van der Waals surface area contributed by atoms with Gasteiger partial charge in [0.25, 0.3) is 0 Å². The molecule has 1 amide bonds. The third-order valence-corrected chi connectivity index (χ3v) is 6.97. The van der Waals surface area contributed by atoms with Crippen LogP contribution in [0.3, 0.4) is 0 Å². The van der Waals surface area contributed by atoms with E-state index in [4.69, 9.17) is 0 Å². The number of piperidine rings is 1. The van der Waals surface area contributed by atoms with Gasteiger partial charge in [-0.3, -0.25) is 14.5 Å². The summed E-state index contributed by atoms with van der Waals surface area (Å²) < 4.78 is 0. The molecule has 0 saturated carbocycles. The largest absolute Gasteiger partial charge is 0.368 e. The summed E-state index contributed by atoms with van der Waals surface area (Å²) in [7, 11) is 0. The second-order valence-corrected chi connectivity index (χ2v) is 9.22. The minimum Gasteiger partial charge on any atom is -0.368 e. The van der Waals surface area contributed by atoms with E-state index >= 15 is 0 Å². The Labute approximate surface area is 192 Å². The number of amides is 1. The van der Waals surface area contributed by atoms with E-state index in [1.54, 1.807) is 6.92 Å². The SMILES string of the molecule is CC(=O)c1cccc(CN2CCC(CCC(=O)N3CCN(c4ccccc4)CC3)CC2)c1. The number of rotatable bonds is 7. The van der Waals surface area contributed by atoms with Crippen molar-refractivity contribution in [1.82, 2.24) is 9.80 Å². The first kappa shape index (κ1) is 22.5. The van der Waals surface area contributed by atoms with E-state index in [2.05, 4.69) is 45.0 Å². The molecule has 0 spiro atoms. The predicted molar refractivity (Wildman–Crippen MR) is 129 cm³/mol. The number of hydrogen-bond donors (Lipinski definition) is 0. The summed E-state index contributed by atoms with van der Waals surface area (Å²) in [5.41, 5.74) is 3.25. The number of anilines is 1. The topological polar surface area (TPSA) is 43.9 Å². The quantitative estimate of drug-likeness (QED) is 0.613. The number of benzene rings is 2. The highest BCUT2D eigenvalue weighted by atomic mass is 16.2. The van der Waals surface area contributed by atoms with Gasteiger partial charge in [0.2, 0.25) is 5.91 Å². The van der Waals surface area contributed by atoms with Gasteiger partial charge in [-0.1, -0.05) is 36.4 Å². The van der Waals surface area contributed by atoms with Crippen LogP contribution in [0.15, 0.2) is 54.6 Å². The lowest BCUT2D eigenvalue weighted by atomic mass is 9.91. The van der Waals surface area contributed by atoms with E-state index in [1.165, 1.54) is 11.3 Å². The molecule has 0 aliphatic carbocycles. The molecule has 2 aromatic rings. The average molecular weight is 434 g/mol. The van der Waals surface area contributed by atoms with Crippen LogP contribution in [-0.2, 0) is 11.3 Å². The van der Waals surface area contributed by atoms with Crippen LogP contribution in [0.4, 0.5) is 5.69 Å². The maximum Gasteiger partial charge on any atom is 0.222 e. The lowest BCUT2D eigenvalue weighted by molar-refractivity contribution is -0.131. The summed E-state index contributed by atoms with van der Waals surface area (Å²) in [5, 5.41) is 0. The Balaban J connectivity index is 1.16. The van der Waals surface area contributed by atoms with Gasteiger partial charge in [0, 0.05) is 50.4 Å². The average Bonchev–Trinajstić information content (AvgIpc) is 2.84. The number of hydrogen-bond acceptors (Lipinski definition) is 4. The molecule has 2 aliphatic heterocycles. The molecule has 2 aromatic carbocycles. The molecule has 0 unspecified atom stereocenters. The van der Waals surface area contributed by atoms with Crippen molar-refractivity contribution in [3.63, 3.8) is 0 Å². The molecule has 0 N–H and O–H groups in total. The summed E-state index contributed by atoms with van der Waals surface area (Å²) in [6.45, 7) is 8.14. The third kappa shape index (κ3) is 5.98. The van der Waals surface area contributed by atoms with E-state index < -0.39 is 0 Å². The Morgan fingerprint density at radius 3 is 2.28 bits per heavy atom. The van der Waals surface area contributed by atoms with Crippen molar-refractivity contribution in [3.05, 3.63) is 65.7 Å². The minimum absolute atomic E-state index is 0.122. The zero-order valence-electron chi connectivity index (χ0n) is 19.2. The highest BCUT2D eigenvalue weighted by Crippen LogP contribution is 2.24. The summed E-state index contributed by atoms with van der Waals surface area (Å²) in [4.78, 5) is 31.2. The van der Waals surface area contributed by atoms with Gasteiger partial charge in [-0.25, -0.2) is 0 Å². The third-order valence-electron chi connectivity index (χ3n) is 6.97. The fraction of sp³-hybridized carbons (Fsp3) is 0.481. The Kier molecular flexibility index (Phi) is 7.59. The lowest BCUT2D eigenvalue weighted by Crippen LogP contribution is -2.48. The second-order valence-electron chi connectivity index (χ2n) is 9.22. The van der Waals surface area contributed by atoms with Gasteiger partial charge in [0.05, 0.1) is 0 Å². The number of likely N-dealkylation sites (tertiary alicyclic amines) is 1. The molecule has 0 bridgehead atoms. The Hall–Kier alpha value is -2.66. The lowest BCUT2D eigenvalue weighted by Gasteiger charge is -2.36. The van der Waals surface area contributed by atoms with E-state index in [9.17, 15) is 9.59 Å². The smallest absolute Gasteiger partial charge is 0.222 e. The number of para-hydroxylation sites is 1. The molecule has 0 radical (unpaired) electrons. The first-order chi connectivity index (χ1) is 15.6. The van der Waals surface area contributed by atoms with Gasteiger partial charge in [0.15, 0.2) is 5.78 Å². The van der Waals surface area contributed by atoms with E-state index in [-0.39, 0.29) is 5.78 Å².